The molecule has 0 unspecified atom stereocenters. The highest BCUT2D eigenvalue weighted by Gasteiger charge is 2.36. The summed E-state index contributed by atoms with van der Waals surface area (Å²) in [5.41, 5.74) is 3.04. The molecule has 1 aliphatic rings. The zero-order valence-electron chi connectivity index (χ0n) is 15.9. The predicted molar refractivity (Wildman–Crippen MR) is 110 cm³/mol. The van der Waals surface area contributed by atoms with Crippen molar-refractivity contribution in [3.05, 3.63) is 100 Å². The third-order valence-electron chi connectivity index (χ3n) is 4.75. The monoisotopic (exact) mass is 407 g/mol. The van der Waals surface area contributed by atoms with Gasteiger partial charge in [-0.2, -0.15) is 0 Å². The molecule has 1 heterocycles. The van der Waals surface area contributed by atoms with Gasteiger partial charge in [-0.15, -0.1) is 0 Å². The quantitative estimate of drug-likeness (QED) is 0.448. The molecule has 4 rings (SSSR count). The average molecular weight is 407 g/mol. The van der Waals surface area contributed by atoms with Crippen molar-refractivity contribution in [3.8, 4) is 0 Å². The number of nitrogens with zero attached hydrogens (tertiary/aromatic N) is 1. The van der Waals surface area contributed by atoms with E-state index in [1.807, 2.05) is 32.0 Å². The maximum atomic E-state index is 14.0. The topological polar surface area (TPSA) is 54.5 Å². The Morgan fingerprint density at radius 3 is 2.21 bits per heavy atom. The molecule has 0 atom stereocenters. The second kappa shape index (κ2) is 6.97. The smallest absolute Gasteiger partial charge is 0.214 e. The molecule has 146 valence electrons. The molecule has 29 heavy (non-hydrogen) atoms. The molecule has 3 aromatic rings. The van der Waals surface area contributed by atoms with Gasteiger partial charge in [0.2, 0.25) is 15.6 Å². The zero-order valence-corrected chi connectivity index (χ0v) is 16.7. The normalized spacial score (nSPS) is 14.9. The van der Waals surface area contributed by atoms with Crippen molar-refractivity contribution in [2.24, 2.45) is 0 Å². The Morgan fingerprint density at radius 1 is 0.897 bits per heavy atom. The maximum absolute atomic E-state index is 14.0. The van der Waals surface area contributed by atoms with Gasteiger partial charge in [0.15, 0.2) is 0 Å². The molecule has 3 aromatic carbocycles. The summed E-state index contributed by atoms with van der Waals surface area (Å²) in [7, 11) is -4.10. The fourth-order valence-corrected chi connectivity index (χ4v) is 5.02. The van der Waals surface area contributed by atoms with Crippen molar-refractivity contribution in [1.29, 1.82) is 0 Å². The number of sulfone groups is 1. The maximum Gasteiger partial charge on any atom is 0.214 e. The van der Waals surface area contributed by atoms with Crippen molar-refractivity contribution in [1.82, 2.24) is 0 Å². The molecule has 0 spiro atoms. The van der Waals surface area contributed by atoms with Crippen LogP contribution >= 0.6 is 0 Å². The van der Waals surface area contributed by atoms with Gasteiger partial charge in [0.05, 0.1) is 10.6 Å². The third kappa shape index (κ3) is 3.36. The van der Waals surface area contributed by atoms with E-state index in [0.717, 1.165) is 17.2 Å². The van der Waals surface area contributed by atoms with Gasteiger partial charge >= 0.3 is 0 Å². The highest BCUT2D eigenvalue weighted by atomic mass is 32.2. The number of ketones is 1. The Bertz CT molecular complexity index is 1240. The van der Waals surface area contributed by atoms with Gasteiger partial charge in [-0.25, -0.2) is 12.8 Å². The summed E-state index contributed by atoms with van der Waals surface area (Å²) in [4.78, 5) is 14.2. The molecular weight excluding hydrogens is 389 g/mol. The number of fused-ring (bicyclic) bond motifs is 1. The lowest BCUT2D eigenvalue weighted by Gasteiger charge is -2.29. The second-order valence-electron chi connectivity index (χ2n) is 7.02. The first-order chi connectivity index (χ1) is 13.8. The van der Waals surface area contributed by atoms with Crippen LogP contribution in [0.1, 0.15) is 21.5 Å². The Balaban J connectivity index is 1.98. The highest BCUT2D eigenvalue weighted by Crippen LogP contribution is 2.41. The van der Waals surface area contributed by atoms with Crippen molar-refractivity contribution in [2.45, 2.75) is 18.7 Å². The van der Waals surface area contributed by atoms with E-state index >= 15 is 0 Å². The number of anilines is 2. The fraction of sp³-hybridized carbons (Fsp3) is 0.0870. The van der Waals surface area contributed by atoms with Gasteiger partial charge in [0.25, 0.3) is 0 Å². The average Bonchev–Trinajstić information content (AvgIpc) is 2.67. The van der Waals surface area contributed by atoms with Crippen LogP contribution in [0.15, 0.2) is 82.7 Å². The minimum Gasteiger partial charge on any atom is -0.314 e. The molecule has 0 radical (unpaired) electrons. The van der Waals surface area contributed by atoms with Crippen LogP contribution in [0.5, 0.6) is 0 Å². The summed E-state index contributed by atoms with van der Waals surface area (Å²) in [6, 6.07) is 17.4. The molecule has 0 bridgehead atoms. The van der Waals surface area contributed by atoms with E-state index in [9.17, 15) is 17.6 Å². The molecule has 0 aromatic heterocycles. The largest absolute Gasteiger partial charge is 0.314 e. The van der Waals surface area contributed by atoms with Crippen LogP contribution in [0.4, 0.5) is 15.8 Å². The number of halogens is 1. The molecule has 0 aliphatic carbocycles. The summed E-state index contributed by atoms with van der Waals surface area (Å²) in [6.45, 7) is 3.84. The number of carbonyl (C=O) groups is 1. The van der Waals surface area contributed by atoms with E-state index < -0.39 is 21.4 Å². The number of aryl methyl sites for hydroxylation is 2. The molecule has 0 saturated carbocycles. The highest BCUT2D eigenvalue weighted by molar-refractivity contribution is 7.96. The van der Waals surface area contributed by atoms with Gasteiger partial charge in [0.1, 0.15) is 10.7 Å². The summed E-state index contributed by atoms with van der Waals surface area (Å²) in [6.07, 6.45) is 1.29. The van der Waals surface area contributed by atoms with Crippen LogP contribution in [0.25, 0.3) is 0 Å². The molecule has 1 aliphatic heterocycles. The van der Waals surface area contributed by atoms with Gasteiger partial charge < -0.3 is 4.90 Å². The number of Topliss-reactive ketones (excluding diaryl/α,β-unsaturated/α-hetero) is 1. The van der Waals surface area contributed by atoms with Crippen LogP contribution in [0, 0.1) is 19.7 Å². The predicted octanol–water partition coefficient (Wildman–Crippen LogP) is 5.09. The van der Waals surface area contributed by atoms with E-state index in [2.05, 4.69) is 0 Å². The number of allylic oxidation sites excluding steroid dienone is 1. The number of rotatable bonds is 3. The van der Waals surface area contributed by atoms with Crippen LogP contribution in [0.2, 0.25) is 0 Å². The van der Waals surface area contributed by atoms with E-state index in [0.29, 0.717) is 5.69 Å². The molecule has 0 N–H and O–H groups in total. The van der Waals surface area contributed by atoms with Gasteiger partial charge in [-0.1, -0.05) is 36.4 Å². The van der Waals surface area contributed by atoms with Gasteiger partial charge in [-0.3, -0.25) is 4.79 Å². The minimum atomic E-state index is -4.10. The number of benzene rings is 3. The first-order valence-electron chi connectivity index (χ1n) is 9.01. The lowest BCUT2D eigenvalue weighted by molar-refractivity contribution is 0.104. The summed E-state index contributed by atoms with van der Waals surface area (Å²) >= 11 is 0. The van der Waals surface area contributed by atoms with Crippen LogP contribution < -0.4 is 4.90 Å². The fourth-order valence-electron chi connectivity index (χ4n) is 3.50. The molecule has 6 heteroatoms. The second-order valence-corrected chi connectivity index (χ2v) is 8.91. The van der Waals surface area contributed by atoms with E-state index in [4.69, 9.17) is 0 Å². The van der Waals surface area contributed by atoms with Crippen molar-refractivity contribution in [3.63, 3.8) is 0 Å². The van der Waals surface area contributed by atoms with Gasteiger partial charge in [0, 0.05) is 17.5 Å². The standard InChI is InChI=1S/C23H18FNO3S/c1-15-10-16(2)12-19(11-15)25-14-22(23(26)17-6-4-3-5-7-17)29(27,28)21-9-8-18(24)13-20(21)25/h3-14H,1-2H3. The van der Waals surface area contributed by atoms with Crippen molar-refractivity contribution in [2.75, 3.05) is 4.90 Å². The molecule has 0 fully saturated rings. The first kappa shape index (κ1) is 19.1. The Kier molecular flexibility index (Phi) is 4.59. The number of hydrogen-bond donors (Lipinski definition) is 0. The first-order valence-corrected chi connectivity index (χ1v) is 10.5. The molecule has 0 amide bonds. The van der Waals surface area contributed by atoms with Crippen molar-refractivity contribution >= 4 is 27.0 Å². The Morgan fingerprint density at radius 2 is 1.55 bits per heavy atom. The minimum absolute atomic E-state index is 0.0974. The van der Waals surface area contributed by atoms with Crippen LogP contribution in [0.3, 0.4) is 0 Å². The Hall–Kier alpha value is -3.25. The van der Waals surface area contributed by atoms with Crippen LogP contribution in [-0.2, 0) is 9.84 Å². The SMILES string of the molecule is Cc1cc(C)cc(N2C=C(C(=O)c3ccccc3)S(=O)(=O)c3ccc(F)cc32)c1. The van der Waals surface area contributed by atoms with Crippen molar-refractivity contribution < 1.29 is 17.6 Å². The number of hydrogen-bond acceptors (Lipinski definition) is 4. The summed E-state index contributed by atoms with van der Waals surface area (Å²) in [5, 5.41) is 0. The lowest BCUT2D eigenvalue weighted by Crippen LogP contribution is -2.26. The van der Waals surface area contributed by atoms with Gasteiger partial charge in [-0.05, 0) is 55.3 Å². The Labute approximate surface area is 168 Å². The summed E-state index contributed by atoms with van der Waals surface area (Å²) < 4.78 is 40.4. The molecule has 0 saturated heterocycles. The van der Waals surface area contributed by atoms with E-state index in [-0.39, 0.29) is 21.1 Å². The number of carbonyl (C=O) groups excluding carboxylic acids is 1. The summed E-state index contributed by atoms with van der Waals surface area (Å²) in [5.74, 6) is -1.16. The van der Waals surface area contributed by atoms with E-state index in [1.165, 1.54) is 18.3 Å². The van der Waals surface area contributed by atoms with Crippen LogP contribution in [-0.4, -0.2) is 14.2 Å². The zero-order chi connectivity index (χ0) is 20.8. The molecular formula is C23H18FNO3S. The third-order valence-corrected chi connectivity index (χ3v) is 6.54. The molecule has 4 nitrogen and oxygen atoms in total. The van der Waals surface area contributed by atoms with E-state index in [1.54, 1.807) is 35.2 Å². The lowest BCUT2D eigenvalue weighted by atomic mass is 10.1.